The number of rotatable bonds is 10. The lowest BCUT2D eigenvalue weighted by Gasteiger charge is -2.04. The van der Waals surface area contributed by atoms with Gasteiger partial charge in [-0.25, -0.2) is 0 Å². The maximum absolute atomic E-state index is 5.85. The van der Waals surface area contributed by atoms with Crippen LogP contribution in [-0.2, 0) is 11.2 Å². The molecule has 0 spiro atoms. The van der Waals surface area contributed by atoms with Gasteiger partial charge in [-0.05, 0) is 43.4 Å². The topological polar surface area (TPSA) is 9.23 Å². The Labute approximate surface area is 116 Å². The minimum atomic E-state index is 0.818. The zero-order valence-corrected chi connectivity index (χ0v) is 11.9. The zero-order valence-electron chi connectivity index (χ0n) is 11.2. The fourth-order valence-electron chi connectivity index (χ4n) is 1.84. The number of unbranched alkanes of at least 4 members (excludes halogenated alkanes) is 4. The van der Waals surface area contributed by atoms with Crippen molar-refractivity contribution >= 4 is 11.6 Å². The molecule has 0 aliphatic rings. The van der Waals surface area contributed by atoms with E-state index in [9.17, 15) is 0 Å². The average Bonchev–Trinajstić information content (AvgIpc) is 2.39. The molecular formula is C16H24ClO. The van der Waals surface area contributed by atoms with Crippen molar-refractivity contribution in [1.82, 2.24) is 0 Å². The van der Waals surface area contributed by atoms with Crippen molar-refractivity contribution in [3.05, 3.63) is 41.8 Å². The molecule has 0 aliphatic heterocycles. The fraction of sp³-hybridized carbons (Fsp3) is 0.562. The van der Waals surface area contributed by atoms with Crippen LogP contribution in [0.4, 0.5) is 0 Å². The largest absolute Gasteiger partial charge is 0.381 e. The smallest absolute Gasteiger partial charge is 0.0466 e. The van der Waals surface area contributed by atoms with Crippen LogP contribution in [0.15, 0.2) is 24.3 Å². The van der Waals surface area contributed by atoms with Crippen molar-refractivity contribution in [3.63, 3.8) is 0 Å². The molecule has 101 valence electrons. The molecule has 0 amide bonds. The monoisotopic (exact) mass is 267 g/mol. The SMILES string of the molecule is [CH2]CCCOCCCCCCc1ccc(Cl)cc1. The number of ether oxygens (including phenoxy) is 1. The van der Waals surface area contributed by atoms with Crippen LogP contribution < -0.4 is 0 Å². The quantitative estimate of drug-likeness (QED) is 0.538. The van der Waals surface area contributed by atoms with Gasteiger partial charge in [0.2, 0.25) is 0 Å². The Morgan fingerprint density at radius 3 is 2.28 bits per heavy atom. The van der Waals surface area contributed by atoms with E-state index in [1.54, 1.807) is 0 Å². The van der Waals surface area contributed by atoms with E-state index in [1.807, 2.05) is 12.1 Å². The summed E-state index contributed by atoms with van der Waals surface area (Å²) in [6, 6.07) is 8.16. The van der Waals surface area contributed by atoms with Gasteiger partial charge in [-0.1, -0.05) is 49.9 Å². The molecule has 1 aromatic rings. The van der Waals surface area contributed by atoms with E-state index in [0.717, 1.165) is 37.5 Å². The molecule has 0 fully saturated rings. The predicted octanol–water partition coefficient (Wildman–Crippen LogP) is 5.07. The van der Waals surface area contributed by atoms with Crippen molar-refractivity contribution in [2.24, 2.45) is 0 Å². The van der Waals surface area contributed by atoms with Gasteiger partial charge in [0, 0.05) is 18.2 Å². The molecular weight excluding hydrogens is 244 g/mol. The molecule has 1 radical (unpaired) electrons. The van der Waals surface area contributed by atoms with Crippen LogP contribution >= 0.6 is 11.6 Å². The molecule has 1 nitrogen and oxygen atoms in total. The van der Waals surface area contributed by atoms with Gasteiger partial charge in [-0.3, -0.25) is 0 Å². The van der Waals surface area contributed by atoms with E-state index in [0.29, 0.717) is 0 Å². The van der Waals surface area contributed by atoms with E-state index in [4.69, 9.17) is 16.3 Å². The van der Waals surface area contributed by atoms with Gasteiger partial charge in [0.25, 0.3) is 0 Å². The number of halogens is 1. The van der Waals surface area contributed by atoms with Crippen LogP contribution in [0.2, 0.25) is 5.02 Å². The second kappa shape index (κ2) is 10.4. The highest BCUT2D eigenvalue weighted by molar-refractivity contribution is 6.30. The van der Waals surface area contributed by atoms with Crippen molar-refractivity contribution < 1.29 is 4.74 Å². The molecule has 0 saturated heterocycles. The minimum Gasteiger partial charge on any atom is -0.381 e. The Balaban J connectivity index is 1.91. The van der Waals surface area contributed by atoms with Crippen molar-refractivity contribution in [3.8, 4) is 0 Å². The summed E-state index contributed by atoms with van der Waals surface area (Å²) in [5.74, 6) is 0. The van der Waals surface area contributed by atoms with Crippen LogP contribution in [-0.4, -0.2) is 13.2 Å². The third kappa shape index (κ3) is 7.73. The molecule has 18 heavy (non-hydrogen) atoms. The van der Waals surface area contributed by atoms with Crippen molar-refractivity contribution in [1.29, 1.82) is 0 Å². The highest BCUT2D eigenvalue weighted by Gasteiger charge is 1.95. The Morgan fingerprint density at radius 1 is 0.889 bits per heavy atom. The fourth-order valence-corrected chi connectivity index (χ4v) is 1.97. The third-order valence-electron chi connectivity index (χ3n) is 2.96. The van der Waals surface area contributed by atoms with Crippen LogP contribution in [0.3, 0.4) is 0 Å². The maximum Gasteiger partial charge on any atom is 0.0466 e. The van der Waals surface area contributed by atoms with Gasteiger partial charge in [0.05, 0.1) is 0 Å². The molecule has 0 saturated carbocycles. The van der Waals surface area contributed by atoms with Gasteiger partial charge in [0.15, 0.2) is 0 Å². The predicted molar refractivity (Wildman–Crippen MR) is 79.0 cm³/mol. The van der Waals surface area contributed by atoms with E-state index in [1.165, 1.54) is 31.2 Å². The van der Waals surface area contributed by atoms with Gasteiger partial charge in [-0.2, -0.15) is 0 Å². The summed E-state index contributed by atoms with van der Waals surface area (Å²) in [4.78, 5) is 0. The lowest BCUT2D eigenvalue weighted by molar-refractivity contribution is 0.128. The summed E-state index contributed by atoms with van der Waals surface area (Å²) >= 11 is 5.85. The number of aryl methyl sites for hydroxylation is 1. The van der Waals surface area contributed by atoms with E-state index >= 15 is 0 Å². The molecule has 1 rings (SSSR count). The highest BCUT2D eigenvalue weighted by Crippen LogP contribution is 2.12. The summed E-state index contributed by atoms with van der Waals surface area (Å²) in [7, 11) is 0. The van der Waals surface area contributed by atoms with Crippen LogP contribution in [0.1, 0.15) is 44.1 Å². The van der Waals surface area contributed by atoms with Crippen LogP contribution in [0.25, 0.3) is 0 Å². The van der Waals surface area contributed by atoms with E-state index in [2.05, 4.69) is 19.1 Å². The van der Waals surface area contributed by atoms with Gasteiger partial charge in [-0.15, -0.1) is 0 Å². The first-order chi connectivity index (χ1) is 8.83. The van der Waals surface area contributed by atoms with Gasteiger partial charge < -0.3 is 4.74 Å². The molecule has 0 unspecified atom stereocenters. The summed E-state index contributed by atoms with van der Waals surface area (Å²) in [6.45, 7) is 5.56. The molecule has 0 atom stereocenters. The molecule has 2 heteroatoms. The first-order valence-corrected chi connectivity index (χ1v) is 7.32. The zero-order chi connectivity index (χ0) is 13.1. The van der Waals surface area contributed by atoms with E-state index in [-0.39, 0.29) is 0 Å². The summed E-state index contributed by atoms with van der Waals surface area (Å²) < 4.78 is 5.50. The summed E-state index contributed by atoms with van der Waals surface area (Å²) in [5.41, 5.74) is 1.38. The number of benzene rings is 1. The molecule has 0 aliphatic carbocycles. The molecule has 1 aromatic carbocycles. The average molecular weight is 268 g/mol. The van der Waals surface area contributed by atoms with Gasteiger partial charge in [0.1, 0.15) is 0 Å². The Hall–Kier alpha value is -0.530. The van der Waals surface area contributed by atoms with Gasteiger partial charge >= 0.3 is 0 Å². The van der Waals surface area contributed by atoms with Crippen molar-refractivity contribution in [2.75, 3.05) is 13.2 Å². The first kappa shape index (κ1) is 15.5. The lowest BCUT2D eigenvalue weighted by Crippen LogP contribution is -1.96. The van der Waals surface area contributed by atoms with Crippen LogP contribution in [0, 0.1) is 6.92 Å². The maximum atomic E-state index is 5.85. The molecule has 0 heterocycles. The standard InChI is InChI=1S/C16H24ClO/c1-2-3-13-18-14-7-5-4-6-8-15-9-11-16(17)12-10-15/h9-12H,1-8,13-14H2. The molecule has 0 aromatic heterocycles. The Kier molecular flexibility index (Phi) is 8.97. The second-order valence-corrected chi connectivity index (χ2v) is 5.05. The minimum absolute atomic E-state index is 0.818. The van der Waals surface area contributed by atoms with Crippen LogP contribution in [0.5, 0.6) is 0 Å². The summed E-state index contributed by atoms with van der Waals surface area (Å²) in [5, 5.41) is 0.818. The first-order valence-electron chi connectivity index (χ1n) is 6.94. The highest BCUT2D eigenvalue weighted by atomic mass is 35.5. The Bertz CT molecular complexity index is 294. The third-order valence-corrected chi connectivity index (χ3v) is 3.21. The number of hydrogen-bond donors (Lipinski definition) is 0. The van der Waals surface area contributed by atoms with Crippen molar-refractivity contribution in [2.45, 2.75) is 44.9 Å². The lowest BCUT2D eigenvalue weighted by atomic mass is 10.1. The normalized spacial score (nSPS) is 10.8. The molecule has 0 bridgehead atoms. The Morgan fingerprint density at radius 2 is 1.56 bits per heavy atom. The second-order valence-electron chi connectivity index (χ2n) is 4.61. The summed E-state index contributed by atoms with van der Waals surface area (Å²) in [6.07, 6.45) is 8.18. The van der Waals surface area contributed by atoms with E-state index < -0.39 is 0 Å². The number of hydrogen-bond acceptors (Lipinski definition) is 1. The molecule has 0 N–H and O–H groups in total.